The fourth-order valence-corrected chi connectivity index (χ4v) is 4.55. The lowest BCUT2D eigenvalue weighted by atomic mass is 10.0. The van der Waals surface area contributed by atoms with Gasteiger partial charge in [0.05, 0.1) is 25.5 Å². The molecule has 2 aliphatic heterocycles. The number of nitrogens with zero attached hydrogens (tertiary/aromatic N) is 4. The van der Waals surface area contributed by atoms with E-state index in [1.54, 1.807) is 12.1 Å². The van der Waals surface area contributed by atoms with Crippen molar-refractivity contribution in [3.63, 3.8) is 0 Å². The Morgan fingerprint density at radius 2 is 1.94 bits per heavy atom. The maximum Gasteiger partial charge on any atom is 0.318 e. The number of morpholine rings is 1. The van der Waals surface area contributed by atoms with Gasteiger partial charge in [0.2, 0.25) is 0 Å². The summed E-state index contributed by atoms with van der Waals surface area (Å²) < 4.78 is 11.1. The Balaban J connectivity index is 1.31. The maximum absolute atomic E-state index is 10.4. The van der Waals surface area contributed by atoms with Gasteiger partial charge in [-0.2, -0.15) is 9.97 Å². The van der Waals surface area contributed by atoms with Crippen LogP contribution >= 0.6 is 0 Å². The molecule has 4 N–H and O–H groups in total. The van der Waals surface area contributed by atoms with E-state index in [0.29, 0.717) is 38.5 Å². The first-order valence-electron chi connectivity index (χ1n) is 11.3. The highest BCUT2D eigenvalue weighted by molar-refractivity contribution is 5.95. The second kappa shape index (κ2) is 9.38. The van der Waals surface area contributed by atoms with Gasteiger partial charge in [-0.15, -0.1) is 0 Å². The highest BCUT2D eigenvalue weighted by atomic mass is 16.5. The van der Waals surface area contributed by atoms with Crippen molar-refractivity contribution in [2.75, 3.05) is 56.6 Å². The molecule has 0 saturated carbocycles. The summed E-state index contributed by atoms with van der Waals surface area (Å²) in [5.41, 5.74) is 8.91. The summed E-state index contributed by atoms with van der Waals surface area (Å²) in [5.74, 6) is 0.646. The minimum atomic E-state index is -0.654. The zero-order valence-corrected chi connectivity index (χ0v) is 18.5. The van der Waals surface area contributed by atoms with E-state index in [2.05, 4.69) is 25.8 Å². The molecule has 33 heavy (non-hydrogen) atoms. The first-order chi connectivity index (χ1) is 16.1. The molecular formula is C24H29N5O4. The van der Waals surface area contributed by atoms with Crippen LogP contribution in [0.5, 0.6) is 11.8 Å². The van der Waals surface area contributed by atoms with Crippen molar-refractivity contribution in [2.24, 2.45) is 0 Å². The Kier molecular flexibility index (Phi) is 6.17. The molecule has 9 heteroatoms. The third-order valence-corrected chi connectivity index (χ3v) is 6.22. The number of β-amino-alcohol motifs (C(OH)–C–C–N with tert-alkyl or cyclic N) is 1. The fourth-order valence-electron chi connectivity index (χ4n) is 4.55. The van der Waals surface area contributed by atoms with E-state index in [1.165, 1.54) is 0 Å². The number of aromatic hydroxyl groups is 1. The number of anilines is 2. The summed E-state index contributed by atoms with van der Waals surface area (Å²) in [5, 5.41) is 22.7. The number of phenols is 1. The molecule has 174 valence electrons. The summed E-state index contributed by atoms with van der Waals surface area (Å²) >= 11 is 0. The van der Waals surface area contributed by atoms with Gasteiger partial charge in [0.15, 0.2) is 0 Å². The molecule has 1 atom stereocenters. The summed E-state index contributed by atoms with van der Waals surface area (Å²) in [6.45, 7) is 4.86. The predicted octanol–water partition coefficient (Wildman–Crippen LogP) is 1.55. The number of aromatic nitrogens is 2. The maximum atomic E-state index is 10.4. The number of hydrogen-bond acceptors (Lipinski definition) is 9. The third-order valence-electron chi connectivity index (χ3n) is 6.22. The molecule has 2 aromatic carbocycles. The van der Waals surface area contributed by atoms with Gasteiger partial charge in [-0.25, -0.2) is 0 Å². The van der Waals surface area contributed by atoms with Gasteiger partial charge in [-0.05, 0) is 17.9 Å². The summed E-state index contributed by atoms with van der Waals surface area (Å²) in [6, 6.07) is 11.7. The first kappa shape index (κ1) is 21.7. The summed E-state index contributed by atoms with van der Waals surface area (Å²) in [7, 11) is 0. The van der Waals surface area contributed by atoms with E-state index in [1.807, 2.05) is 18.2 Å². The molecule has 9 nitrogen and oxygen atoms in total. The van der Waals surface area contributed by atoms with E-state index < -0.39 is 6.10 Å². The fraction of sp³-hybridized carbons (Fsp3) is 0.417. The number of aliphatic hydroxyl groups excluding tert-OH is 1. The number of benzene rings is 2. The molecule has 1 unspecified atom stereocenters. The molecule has 1 aromatic heterocycles. The highest BCUT2D eigenvalue weighted by Gasteiger charge is 2.24. The Morgan fingerprint density at radius 3 is 2.79 bits per heavy atom. The SMILES string of the molecule is Nc1nc(OCC(O)CN2CCOCC2)nc2c1CCN(c1cc(O)cc3ccccc13)C2. The van der Waals surface area contributed by atoms with Crippen molar-refractivity contribution in [1.82, 2.24) is 14.9 Å². The van der Waals surface area contributed by atoms with E-state index in [9.17, 15) is 10.2 Å². The number of nitrogen functional groups attached to an aromatic ring is 1. The molecule has 1 saturated heterocycles. The quantitative estimate of drug-likeness (QED) is 0.513. The monoisotopic (exact) mass is 451 g/mol. The van der Waals surface area contributed by atoms with Crippen molar-refractivity contribution < 1.29 is 19.7 Å². The zero-order chi connectivity index (χ0) is 22.8. The largest absolute Gasteiger partial charge is 0.508 e. The van der Waals surface area contributed by atoms with Crippen LogP contribution in [0.4, 0.5) is 11.5 Å². The van der Waals surface area contributed by atoms with Gasteiger partial charge < -0.3 is 30.3 Å². The predicted molar refractivity (Wildman–Crippen MR) is 126 cm³/mol. The van der Waals surface area contributed by atoms with E-state index in [-0.39, 0.29) is 18.4 Å². The van der Waals surface area contributed by atoms with Crippen molar-refractivity contribution in [3.8, 4) is 11.8 Å². The number of rotatable bonds is 6. The van der Waals surface area contributed by atoms with Gasteiger partial charge in [-0.1, -0.05) is 24.3 Å². The first-order valence-corrected chi connectivity index (χ1v) is 11.3. The van der Waals surface area contributed by atoms with E-state index in [0.717, 1.165) is 47.4 Å². The Labute approximate surface area is 192 Å². The van der Waals surface area contributed by atoms with E-state index >= 15 is 0 Å². The Morgan fingerprint density at radius 1 is 1.12 bits per heavy atom. The number of fused-ring (bicyclic) bond motifs is 2. The molecule has 3 aromatic rings. The molecule has 0 radical (unpaired) electrons. The van der Waals surface area contributed by atoms with Gasteiger partial charge >= 0.3 is 6.01 Å². The third kappa shape index (κ3) is 4.80. The van der Waals surface area contributed by atoms with Gasteiger partial charge in [0.1, 0.15) is 24.3 Å². The second-order valence-corrected chi connectivity index (χ2v) is 8.55. The van der Waals surface area contributed by atoms with E-state index in [4.69, 9.17) is 15.2 Å². The van der Waals surface area contributed by atoms with Crippen LogP contribution in [0.1, 0.15) is 11.3 Å². The Bertz CT molecular complexity index is 1140. The van der Waals surface area contributed by atoms with Crippen LogP contribution in [-0.4, -0.2) is 77.2 Å². The summed E-state index contributed by atoms with van der Waals surface area (Å²) in [6.07, 6.45) is 0.0459. The normalized spacial score (nSPS) is 17.7. The van der Waals surface area contributed by atoms with Crippen molar-refractivity contribution in [1.29, 1.82) is 0 Å². The van der Waals surface area contributed by atoms with Crippen molar-refractivity contribution in [2.45, 2.75) is 19.1 Å². The van der Waals surface area contributed by atoms with Crippen LogP contribution in [0.2, 0.25) is 0 Å². The van der Waals surface area contributed by atoms with Crippen molar-refractivity contribution >= 4 is 22.3 Å². The van der Waals surface area contributed by atoms with Crippen LogP contribution in [-0.2, 0) is 17.7 Å². The second-order valence-electron chi connectivity index (χ2n) is 8.55. The summed E-state index contributed by atoms with van der Waals surface area (Å²) in [4.78, 5) is 13.3. The molecule has 3 heterocycles. The minimum absolute atomic E-state index is 0.0937. The Hall–Kier alpha value is -3.14. The topological polar surface area (TPSA) is 117 Å². The zero-order valence-electron chi connectivity index (χ0n) is 18.5. The minimum Gasteiger partial charge on any atom is -0.508 e. The van der Waals surface area contributed by atoms with Crippen molar-refractivity contribution in [3.05, 3.63) is 47.7 Å². The van der Waals surface area contributed by atoms with Gasteiger partial charge in [-0.3, -0.25) is 4.90 Å². The average Bonchev–Trinajstić information content (AvgIpc) is 2.82. The number of phenolic OH excluding ortho intramolecular Hbond substituents is 1. The lowest BCUT2D eigenvalue weighted by Crippen LogP contribution is -2.42. The molecule has 0 bridgehead atoms. The van der Waals surface area contributed by atoms with Gasteiger partial charge in [0, 0.05) is 48.9 Å². The molecular weight excluding hydrogens is 422 g/mol. The highest BCUT2D eigenvalue weighted by Crippen LogP contribution is 2.35. The van der Waals surface area contributed by atoms with Gasteiger partial charge in [0.25, 0.3) is 0 Å². The molecule has 0 amide bonds. The molecule has 5 rings (SSSR count). The molecule has 1 fully saturated rings. The van der Waals surface area contributed by atoms with Crippen LogP contribution in [0.3, 0.4) is 0 Å². The molecule has 0 spiro atoms. The van der Waals surface area contributed by atoms with Crippen LogP contribution in [0.15, 0.2) is 36.4 Å². The number of hydrogen-bond donors (Lipinski definition) is 3. The number of ether oxygens (including phenoxy) is 2. The smallest absolute Gasteiger partial charge is 0.318 e. The lowest BCUT2D eigenvalue weighted by molar-refractivity contribution is 0.00374. The number of aliphatic hydroxyl groups is 1. The molecule has 0 aliphatic carbocycles. The average molecular weight is 452 g/mol. The lowest BCUT2D eigenvalue weighted by Gasteiger charge is -2.31. The van der Waals surface area contributed by atoms with Crippen LogP contribution < -0.4 is 15.4 Å². The van der Waals surface area contributed by atoms with Crippen LogP contribution in [0, 0.1) is 0 Å². The van der Waals surface area contributed by atoms with Crippen LogP contribution in [0.25, 0.3) is 10.8 Å². The standard InChI is InChI=1S/C24H29N5O4/c25-23-20-5-6-29(22-12-17(30)11-16-3-1-2-4-19(16)22)14-21(20)26-24(27-23)33-15-18(31)13-28-7-9-32-10-8-28/h1-4,11-12,18,30-31H,5-10,13-15H2,(H2,25,26,27). The number of nitrogens with two attached hydrogens (primary N) is 1. The molecule has 2 aliphatic rings.